The number of aliphatic hydroxyl groups is 1. The fraction of sp³-hybridized carbons (Fsp3) is 0.125. The Hall–Kier alpha value is -3.15. The van der Waals surface area contributed by atoms with Gasteiger partial charge in [-0.1, -0.05) is 41.4 Å². The number of para-hydroxylation sites is 1. The van der Waals surface area contributed by atoms with Crippen molar-refractivity contribution >= 4 is 45.7 Å². The van der Waals surface area contributed by atoms with Crippen LogP contribution in [0, 0.1) is 18.3 Å². The van der Waals surface area contributed by atoms with E-state index in [2.05, 4.69) is 6.07 Å². The van der Waals surface area contributed by atoms with Crippen molar-refractivity contribution in [2.24, 2.45) is 0 Å². The molecule has 1 heterocycles. The number of ether oxygens (including phenoxy) is 1. The lowest BCUT2D eigenvalue weighted by atomic mass is 10.0. The second-order valence-electron chi connectivity index (χ2n) is 7.03. The summed E-state index contributed by atoms with van der Waals surface area (Å²) in [5.74, 6) is 0.431. The van der Waals surface area contributed by atoms with Gasteiger partial charge in [0.25, 0.3) is 0 Å². The molecule has 1 atom stereocenters. The molecular weight excluding hydrogens is 483 g/mol. The Morgan fingerprint density at radius 2 is 1.76 bits per heavy atom. The van der Waals surface area contributed by atoms with Crippen LogP contribution >= 0.6 is 23.2 Å². The standard InChI is InChI=1S/C24H18Cl2N2O2.O2S/c1-14-10-15(13-27)11-19-17(14)12-20(28(19)16-6-4-3-5-7-16)24(29)22-18(25)8-9-21(30-2)23(22)26;1-3-2/h3-12,24,29H,1-2H3;. The van der Waals surface area contributed by atoms with Crippen molar-refractivity contribution in [1.82, 2.24) is 4.57 Å². The number of nitrogens with zero attached hydrogens (tertiary/aromatic N) is 2. The average Bonchev–Trinajstić information content (AvgIpc) is 3.20. The summed E-state index contributed by atoms with van der Waals surface area (Å²) in [6, 6.07) is 20.7. The zero-order valence-corrected chi connectivity index (χ0v) is 19.9. The van der Waals surface area contributed by atoms with Crippen molar-refractivity contribution in [3.63, 3.8) is 0 Å². The van der Waals surface area contributed by atoms with Crippen LogP contribution < -0.4 is 4.74 Å². The molecule has 0 fully saturated rings. The number of hydrogen-bond acceptors (Lipinski definition) is 5. The highest BCUT2D eigenvalue weighted by molar-refractivity contribution is 7.51. The van der Waals surface area contributed by atoms with Crippen LogP contribution in [0.5, 0.6) is 5.75 Å². The molecule has 3 aromatic carbocycles. The summed E-state index contributed by atoms with van der Waals surface area (Å²) < 4.78 is 23.8. The Balaban J connectivity index is 0.000000968. The van der Waals surface area contributed by atoms with Gasteiger partial charge < -0.3 is 14.4 Å². The number of nitriles is 1. The number of methoxy groups -OCH3 is 1. The molecule has 4 aromatic rings. The van der Waals surface area contributed by atoms with Crippen LogP contribution in [0.2, 0.25) is 10.0 Å². The van der Waals surface area contributed by atoms with Crippen LogP contribution in [0.1, 0.15) is 28.5 Å². The number of aryl methyl sites for hydroxylation is 1. The number of hydrogen-bond donors (Lipinski definition) is 1. The third-order valence-corrected chi connectivity index (χ3v) is 5.88. The first-order valence-electron chi connectivity index (χ1n) is 9.61. The van der Waals surface area contributed by atoms with Gasteiger partial charge in [-0.3, -0.25) is 0 Å². The van der Waals surface area contributed by atoms with E-state index in [-0.39, 0.29) is 5.02 Å². The highest BCUT2D eigenvalue weighted by Crippen LogP contribution is 2.42. The molecule has 33 heavy (non-hydrogen) atoms. The molecule has 1 unspecified atom stereocenters. The molecule has 0 aliphatic heterocycles. The minimum absolute atomic E-state index is 0.261. The minimum atomic E-state index is -1.11. The molecular formula is C24H18Cl2N2O4S. The van der Waals surface area contributed by atoms with E-state index < -0.39 is 17.7 Å². The molecule has 9 heteroatoms. The highest BCUT2D eigenvalue weighted by atomic mass is 35.5. The van der Waals surface area contributed by atoms with Gasteiger partial charge in [0.2, 0.25) is 0 Å². The molecule has 0 spiro atoms. The summed E-state index contributed by atoms with van der Waals surface area (Å²) in [6.07, 6.45) is -1.11. The second-order valence-corrected chi connectivity index (χ2v) is 7.95. The molecule has 6 nitrogen and oxygen atoms in total. The predicted octanol–water partition coefficient (Wildman–Crippen LogP) is 5.54. The largest absolute Gasteiger partial charge is 0.495 e. The maximum Gasteiger partial charge on any atom is 0.335 e. The van der Waals surface area contributed by atoms with Crippen LogP contribution in [0.3, 0.4) is 0 Å². The lowest BCUT2D eigenvalue weighted by Crippen LogP contribution is -2.09. The SMILES string of the molecule is COc1ccc(Cl)c(C(O)c2cc3c(C)cc(C#N)cc3n2-c2ccccc2)c1Cl.O=S=O. The van der Waals surface area contributed by atoms with Crippen LogP contribution in [0.15, 0.2) is 60.7 Å². The van der Waals surface area contributed by atoms with E-state index in [1.807, 2.05) is 60.0 Å². The van der Waals surface area contributed by atoms with E-state index in [4.69, 9.17) is 36.4 Å². The van der Waals surface area contributed by atoms with Gasteiger partial charge in [-0.2, -0.15) is 13.7 Å². The molecule has 0 saturated heterocycles. The number of aromatic nitrogens is 1. The summed E-state index contributed by atoms with van der Waals surface area (Å²) in [6.45, 7) is 1.94. The molecule has 0 saturated carbocycles. The van der Waals surface area contributed by atoms with Crippen molar-refractivity contribution in [3.05, 3.63) is 93.1 Å². The molecule has 0 aliphatic carbocycles. The van der Waals surface area contributed by atoms with Gasteiger partial charge in [0, 0.05) is 21.7 Å². The van der Waals surface area contributed by atoms with Crippen LogP contribution in [-0.4, -0.2) is 25.2 Å². The van der Waals surface area contributed by atoms with E-state index in [0.29, 0.717) is 27.6 Å². The van der Waals surface area contributed by atoms with E-state index in [0.717, 1.165) is 22.2 Å². The van der Waals surface area contributed by atoms with Gasteiger partial charge in [0.15, 0.2) is 0 Å². The number of benzene rings is 3. The molecule has 1 aromatic heterocycles. The molecule has 4 rings (SSSR count). The Labute approximate surface area is 204 Å². The first-order valence-corrected chi connectivity index (χ1v) is 11.0. The third kappa shape index (κ3) is 4.80. The summed E-state index contributed by atoms with van der Waals surface area (Å²) in [4.78, 5) is 0. The van der Waals surface area contributed by atoms with E-state index in [1.54, 1.807) is 12.1 Å². The summed E-state index contributed by atoms with van der Waals surface area (Å²) >= 11 is 12.2. The van der Waals surface area contributed by atoms with Gasteiger partial charge in [-0.15, -0.1) is 0 Å². The maximum atomic E-state index is 11.4. The minimum Gasteiger partial charge on any atom is -0.495 e. The topological polar surface area (TPSA) is 92.3 Å². The van der Waals surface area contributed by atoms with Crippen molar-refractivity contribution in [2.75, 3.05) is 7.11 Å². The lowest BCUT2D eigenvalue weighted by molar-refractivity contribution is 0.213. The van der Waals surface area contributed by atoms with Crippen molar-refractivity contribution in [3.8, 4) is 17.5 Å². The molecule has 0 aliphatic rings. The molecule has 0 radical (unpaired) electrons. The van der Waals surface area contributed by atoms with Crippen molar-refractivity contribution < 1.29 is 18.3 Å². The molecule has 168 valence electrons. The van der Waals surface area contributed by atoms with Crippen molar-refractivity contribution in [1.29, 1.82) is 5.26 Å². The Kier molecular flexibility index (Phi) is 7.90. The van der Waals surface area contributed by atoms with E-state index in [9.17, 15) is 10.4 Å². The summed E-state index contributed by atoms with van der Waals surface area (Å²) in [5, 5.41) is 22.4. The van der Waals surface area contributed by atoms with Crippen LogP contribution in [-0.2, 0) is 11.6 Å². The highest BCUT2D eigenvalue weighted by Gasteiger charge is 2.25. The van der Waals surface area contributed by atoms with Gasteiger partial charge in [-0.25, -0.2) is 0 Å². The zero-order valence-electron chi connectivity index (χ0n) is 17.6. The van der Waals surface area contributed by atoms with Gasteiger partial charge >= 0.3 is 11.6 Å². The quantitative estimate of drug-likeness (QED) is 0.397. The fourth-order valence-corrected chi connectivity index (χ4v) is 4.40. The third-order valence-electron chi connectivity index (χ3n) is 5.16. The average molecular weight is 501 g/mol. The lowest BCUT2D eigenvalue weighted by Gasteiger charge is -2.19. The van der Waals surface area contributed by atoms with Gasteiger partial charge in [0.1, 0.15) is 11.9 Å². The maximum absolute atomic E-state index is 11.4. The van der Waals surface area contributed by atoms with Crippen LogP contribution in [0.25, 0.3) is 16.6 Å². The van der Waals surface area contributed by atoms with Gasteiger partial charge in [0.05, 0.1) is 35.0 Å². The Bertz CT molecular complexity index is 1390. The second kappa shape index (κ2) is 10.6. The molecule has 0 amide bonds. The number of aliphatic hydroxyl groups excluding tert-OH is 1. The number of fused-ring (bicyclic) bond motifs is 1. The predicted molar refractivity (Wildman–Crippen MR) is 129 cm³/mol. The van der Waals surface area contributed by atoms with E-state index in [1.165, 1.54) is 7.11 Å². The fourth-order valence-electron chi connectivity index (χ4n) is 3.74. The molecule has 1 N–H and O–H groups in total. The normalized spacial score (nSPS) is 11.3. The number of halogens is 2. The first kappa shape index (κ1) is 24.5. The first-order chi connectivity index (χ1) is 15.9. The Morgan fingerprint density at radius 3 is 2.36 bits per heavy atom. The summed E-state index contributed by atoms with van der Waals surface area (Å²) in [5.41, 5.74) is 4.12. The smallest absolute Gasteiger partial charge is 0.335 e. The monoisotopic (exact) mass is 500 g/mol. The number of rotatable bonds is 4. The molecule has 0 bridgehead atoms. The van der Waals surface area contributed by atoms with Crippen LogP contribution in [0.4, 0.5) is 0 Å². The summed E-state index contributed by atoms with van der Waals surface area (Å²) in [7, 11) is 1.51. The van der Waals surface area contributed by atoms with Crippen molar-refractivity contribution in [2.45, 2.75) is 13.0 Å². The van der Waals surface area contributed by atoms with E-state index >= 15 is 0 Å². The van der Waals surface area contributed by atoms with Gasteiger partial charge in [-0.05, 0) is 55.0 Å². The Morgan fingerprint density at radius 1 is 1.09 bits per heavy atom. The zero-order chi connectivity index (χ0) is 24.1.